The van der Waals surface area contributed by atoms with Crippen LogP contribution in [0.3, 0.4) is 0 Å². The highest BCUT2D eigenvalue weighted by Gasteiger charge is 2.13. The van der Waals surface area contributed by atoms with Crippen molar-refractivity contribution in [1.29, 1.82) is 0 Å². The highest BCUT2D eigenvalue weighted by atomic mass is 35.5. The first-order valence-corrected chi connectivity index (χ1v) is 6.19. The summed E-state index contributed by atoms with van der Waals surface area (Å²) in [5.41, 5.74) is -0.245. The smallest absolute Gasteiger partial charge is 0.297 e. The predicted molar refractivity (Wildman–Crippen MR) is 67.3 cm³/mol. The van der Waals surface area contributed by atoms with Gasteiger partial charge in [-0.25, -0.2) is 4.98 Å². The van der Waals surface area contributed by atoms with Gasteiger partial charge in [-0.15, -0.1) is 0 Å². The average Bonchev–Trinajstić information content (AvgIpc) is 2.40. The van der Waals surface area contributed by atoms with E-state index in [1.807, 2.05) is 0 Å². The molecule has 1 aliphatic rings. The Hall–Kier alpha value is -1.11. The third-order valence-corrected chi connectivity index (χ3v) is 3.19. The van der Waals surface area contributed by atoms with E-state index < -0.39 is 0 Å². The van der Waals surface area contributed by atoms with Crippen LogP contribution in [-0.2, 0) is 11.3 Å². The second kappa shape index (κ2) is 6.17. The largest absolute Gasteiger partial charge is 0.489 e. The molecule has 0 saturated carbocycles. The van der Waals surface area contributed by atoms with Gasteiger partial charge >= 0.3 is 0 Å². The molecule has 1 aromatic rings. The van der Waals surface area contributed by atoms with E-state index in [1.165, 1.54) is 18.0 Å². The minimum Gasteiger partial charge on any atom is -0.489 e. The van der Waals surface area contributed by atoms with Crippen LogP contribution in [-0.4, -0.2) is 54.4 Å². The van der Waals surface area contributed by atoms with Crippen LogP contribution in [0.25, 0.3) is 0 Å². The predicted octanol–water partition coefficient (Wildman–Crippen LogP) is 0.238. The fourth-order valence-electron chi connectivity index (χ4n) is 1.85. The van der Waals surface area contributed by atoms with Crippen LogP contribution < -0.4 is 10.3 Å². The van der Waals surface area contributed by atoms with Crippen LogP contribution >= 0.6 is 11.6 Å². The summed E-state index contributed by atoms with van der Waals surface area (Å²) in [5.74, 6) is 0.0983. The Kier molecular flexibility index (Phi) is 4.57. The molecule has 0 unspecified atom stereocenters. The van der Waals surface area contributed by atoms with E-state index in [-0.39, 0.29) is 16.5 Å². The zero-order chi connectivity index (χ0) is 13.0. The van der Waals surface area contributed by atoms with Gasteiger partial charge in [0, 0.05) is 26.2 Å². The van der Waals surface area contributed by atoms with Crippen molar-refractivity contribution in [1.82, 2.24) is 14.5 Å². The van der Waals surface area contributed by atoms with E-state index in [0.29, 0.717) is 6.54 Å². The molecule has 0 aromatic carbocycles. The number of hydrogen-bond acceptors (Lipinski definition) is 5. The summed E-state index contributed by atoms with van der Waals surface area (Å²) >= 11 is 5.77. The van der Waals surface area contributed by atoms with Gasteiger partial charge in [-0.05, 0) is 0 Å². The number of aromatic nitrogens is 2. The topological polar surface area (TPSA) is 56.6 Å². The molecule has 6 nitrogen and oxygen atoms in total. The van der Waals surface area contributed by atoms with E-state index in [4.69, 9.17) is 21.1 Å². The van der Waals surface area contributed by atoms with Crippen LogP contribution in [0.4, 0.5) is 0 Å². The zero-order valence-electron chi connectivity index (χ0n) is 10.3. The molecule has 1 saturated heterocycles. The Balaban J connectivity index is 2.03. The van der Waals surface area contributed by atoms with Gasteiger partial charge in [-0.2, -0.15) is 0 Å². The van der Waals surface area contributed by atoms with Crippen LogP contribution in [0.2, 0.25) is 5.15 Å². The molecule has 0 aliphatic carbocycles. The number of hydrogen-bond donors (Lipinski definition) is 0. The fraction of sp³-hybridized carbons (Fsp3) is 0.636. The molecule has 18 heavy (non-hydrogen) atoms. The van der Waals surface area contributed by atoms with Crippen LogP contribution in [0, 0.1) is 0 Å². The highest BCUT2D eigenvalue weighted by Crippen LogP contribution is 2.14. The summed E-state index contributed by atoms with van der Waals surface area (Å²) in [4.78, 5) is 18.1. The molecule has 0 atom stereocenters. The number of morpholine rings is 1. The maximum Gasteiger partial charge on any atom is 0.297 e. The summed E-state index contributed by atoms with van der Waals surface area (Å²) < 4.78 is 11.7. The van der Waals surface area contributed by atoms with Crippen molar-refractivity contribution < 1.29 is 9.47 Å². The van der Waals surface area contributed by atoms with Crippen molar-refractivity contribution in [3.05, 3.63) is 21.8 Å². The lowest BCUT2D eigenvalue weighted by Gasteiger charge is -2.26. The van der Waals surface area contributed by atoms with E-state index in [1.54, 1.807) is 0 Å². The summed E-state index contributed by atoms with van der Waals surface area (Å²) in [5, 5.41) is 0.102. The Labute approximate surface area is 110 Å². The molecule has 0 spiro atoms. The first-order chi connectivity index (χ1) is 8.72. The van der Waals surface area contributed by atoms with Crippen molar-refractivity contribution in [3.63, 3.8) is 0 Å². The fourth-order valence-corrected chi connectivity index (χ4v) is 2.06. The lowest BCUT2D eigenvalue weighted by atomic mass is 10.4. The molecule has 1 aliphatic heterocycles. The minimum atomic E-state index is -0.245. The molecule has 0 radical (unpaired) electrons. The zero-order valence-corrected chi connectivity index (χ0v) is 11.0. The number of methoxy groups -OCH3 is 1. The molecular weight excluding hydrogens is 258 g/mol. The molecule has 100 valence electrons. The average molecular weight is 274 g/mol. The maximum absolute atomic E-state index is 12.0. The molecule has 0 N–H and O–H groups in total. The molecule has 2 rings (SSSR count). The second-order valence-corrected chi connectivity index (χ2v) is 4.38. The van der Waals surface area contributed by atoms with E-state index in [9.17, 15) is 4.79 Å². The lowest BCUT2D eigenvalue weighted by molar-refractivity contribution is 0.0362. The van der Waals surface area contributed by atoms with Gasteiger partial charge in [0.1, 0.15) is 0 Å². The standard InChI is InChI=1S/C11H16ClN3O3/c1-17-9-10(12)13-8-15(11(9)16)3-2-14-4-6-18-7-5-14/h8H,2-7H2,1H3. The number of nitrogens with zero attached hydrogens (tertiary/aromatic N) is 3. The molecule has 0 amide bonds. The third kappa shape index (κ3) is 3.01. The monoisotopic (exact) mass is 273 g/mol. The van der Waals surface area contributed by atoms with Crippen LogP contribution in [0.15, 0.2) is 11.1 Å². The van der Waals surface area contributed by atoms with Gasteiger partial charge in [-0.3, -0.25) is 14.3 Å². The number of ether oxygens (including phenoxy) is 2. The molecular formula is C11H16ClN3O3. The SMILES string of the molecule is COc1c(Cl)ncn(CCN2CCOCC2)c1=O. The van der Waals surface area contributed by atoms with E-state index in [0.717, 1.165) is 32.8 Å². The molecule has 0 bridgehead atoms. The van der Waals surface area contributed by atoms with Crippen molar-refractivity contribution in [2.24, 2.45) is 0 Å². The Bertz CT molecular complexity index is 457. The molecule has 2 heterocycles. The lowest BCUT2D eigenvalue weighted by Crippen LogP contribution is -2.39. The minimum absolute atomic E-state index is 0.0983. The van der Waals surface area contributed by atoms with Crippen molar-refractivity contribution in [2.45, 2.75) is 6.54 Å². The quantitative estimate of drug-likeness (QED) is 0.736. The summed E-state index contributed by atoms with van der Waals surface area (Å²) in [6.07, 6.45) is 1.45. The van der Waals surface area contributed by atoms with Crippen LogP contribution in [0.5, 0.6) is 5.75 Å². The molecule has 1 aromatic heterocycles. The highest BCUT2D eigenvalue weighted by molar-refractivity contribution is 6.30. The second-order valence-electron chi connectivity index (χ2n) is 4.02. The van der Waals surface area contributed by atoms with Gasteiger partial charge in [0.05, 0.1) is 26.7 Å². The van der Waals surface area contributed by atoms with Crippen molar-refractivity contribution in [3.8, 4) is 5.75 Å². The molecule has 1 fully saturated rings. The van der Waals surface area contributed by atoms with Crippen LogP contribution in [0.1, 0.15) is 0 Å². The van der Waals surface area contributed by atoms with Gasteiger partial charge in [0.2, 0.25) is 5.75 Å². The maximum atomic E-state index is 12.0. The summed E-state index contributed by atoms with van der Waals surface area (Å²) in [7, 11) is 1.41. The normalized spacial score (nSPS) is 16.8. The van der Waals surface area contributed by atoms with Gasteiger partial charge < -0.3 is 9.47 Å². The van der Waals surface area contributed by atoms with Crippen molar-refractivity contribution in [2.75, 3.05) is 40.0 Å². The Morgan fingerprint density at radius 1 is 1.44 bits per heavy atom. The van der Waals surface area contributed by atoms with Gasteiger partial charge in [0.15, 0.2) is 5.15 Å². The Morgan fingerprint density at radius 3 is 2.83 bits per heavy atom. The van der Waals surface area contributed by atoms with Gasteiger partial charge in [0.25, 0.3) is 5.56 Å². The first-order valence-electron chi connectivity index (χ1n) is 5.81. The van der Waals surface area contributed by atoms with Gasteiger partial charge in [-0.1, -0.05) is 11.6 Å². The van der Waals surface area contributed by atoms with E-state index in [2.05, 4.69) is 9.88 Å². The number of rotatable bonds is 4. The Morgan fingerprint density at radius 2 is 2.17 bits per heavy atom. The summed E-state index contributed by atoms with van der Waals surface area (Å²) in [6.45, 7) is 4.64. The summed E-state index contributed by atoms with van der Waals surface area (Å²) in [6, 6.07) is 0. The van der Waals surface area contributed by atoms with Crippen molar-refractivity contribution >= 4 is 11.6 Å². The third-order valence-electron chi connectivity index (χ3n) is 2.92. The first kappa shape index (κ1) is 13.3. The number of halogens is 1. The molecule has 7 heteroatoms. The van der Waals surface area contributed by atoms with E-state index >= 15 is 0 Å².